The van der Waals surface area contributed by atoms with Crippen molar-refractivity contribution in [2.45, 2.75) is 38.8 Å². The fourth-order valence-corrected chi connectivity index (χ4v) is 1.77. The summed E-state index contributed by atoms with van der Waals surface area (Å²) in [6.45, 7) is 6.75. The standard InChI is InChI=1S/C12H23NO4/c1-3-13-11(12(14)16-4-2)9-17-10-5-7-15-8-6-10/h10-11,13H,3-9H2,1-2H3. The number of likely N-dealkylation sites (N-methyl/N-ethyl adjacent to an activating group) is 1. The van der Waals surface area contributed by atoms with E-state index < -0.39 is 0 Å². The third-order valence-corrected chi connectivity index (χ3v) is 2.69. The van der Waals surface area contributed by atoms with Gasteiger partial charge in [0.1, 0.15) is 6.04 Å². The molecule has 1 unspecified atom stereocenters. The Morgan fingerprint density at radius 1 is 1.41 bits per heavy atom. The molecular formula is C12H23NO4. The van der Waals surface area contributed by atoms with Crippen LogP contribution in [0.4, 0.5) is 0 Å². The van der Waals surface area contributed by atoms with Crippen LogP contribution in [0.1, 0.15) is 26.7 Å². The molecule has 17 heavy (non-hydrogen) atoms. The Morgan fingerprint density at radius 2 is 2.12 bits per heavy atom. The van der Waals surface area contributed by atoms with Gasteiger partial charge in [-0.2, -0.15) is 0 Å². The Hall–Kier alpha value is -0.650. The van der Waals surface area contributed by atoms with Crippen LogP contribution >= 0.6 is 0 Å². The lowest BCUT2D eigenvalue weighted by Gasteiger charge is -2.24. The van der Waals surface area contributed by atoms with Crippen molar-refractivity contribution in [3.8, 4) is 0 Å². The third kappa shape index (κ3) is 5.48. The molecule has 1 fully saturated rings. The number of nitrogens with one attached hydrogen (secondary N) is 1. The van der Waals surface area contributed by atoms with Gasteiger partial charge in [-0.25, -0.2) is 0 Å². The predicted octanol–water partition coefficient (Wildman–Crippen LogP) is 0.723. The van der Waals surface area contributed by atoms with Crippen LogP contribution in [-0.2, 0) is 19.0 Å². The summed E-state index contributed by atoms with van der Waals surface area (Å²) in [6, 6.07) is -0.359. The molecule has 0 aliphatic carbocycles. The minimum absolute atomic E-state index is 0.208. The number of carbonyl (C=O) groups excluding carboxylic acids is 1. The summed E-state index contributed by atoms with van der Waals surface area (Å²) in [5.74, 6) is -0.235. The van der Waals surface area contributed by atoms with E-state index in [2.05, 4.69) is 5.32 Å². The lowest BCUT2D eigenvalue weighted by atomic mass is 10.1. The lowest BCUT2D eigenvalue weighted by Crippen LogP contribution is -2.43. The number of hydrogen-bond acceptors (Lipinski definition) is 5. The average molecular weight is 245 g/mol. The molecule has 0 amide bonds. The highest BCUT2D eigenvalue weighted by Crippen LogP contribution is 2.11. The normalized spacial score (nSPS) is 18.9. The molecule has 0 aromatic rings. The molecule has 0 aromatic carbocycles. The smallest absolute Gasteiger partial charge is 0.325 e. The minimum Gasteiger partial charge on any atom is -0.465 e. The van der Waals surface area contributed by atoms with E-state index >= 15 is 0 Å². The van der Waals surface area contributed by atoms with Gasteiger partial charge in [-0.05, 0) is 26.3 Å². The van der Waals surface area contributed by atoms with Crippen LogP contribution in [0.5, 0.6) is 0 Å². The molecule has 0 aromatic heterocycles. The highest BCUT2D eigenvalue weighted by molar-refractivity contribution is 5.75. The van der Waals surface area contributed by atoms with Crippen LogP contribution in [0, 0.1) is 0 Å². The van der Waals surface area contributed by atoms with Crippen molar-refractivity contribution in [2.24, 2.45) is 0 Å². The number of ether oxygens (including phenoxy) is 3. The second-order valence-corrected chi connectivity index (χ2v) is 4.01. The molecule has 0 spiro atoms. The number of rotatable bonds is 7. The van der Waals surface area contributed by atoms with Crippen LogP contribution in [0.2, 0.25) is 0 Å². The topological polar surface area (TPSA) is 56.8 Å². The summed E-state index contributed by atoms with van der Waals surface area (Å²) in [5.41, 5.74) is 0. The van der Waals surface area contributed by atoms with Crippen molar-refractivity contribution >= 4 is 5.97 Å². The van der Waals surface area contributed by atoms with Crippen LogP contribution in [0.3, 0.4) is 0 Å². The van der Waals surface area contributed by atoms with Gasteiger partial charge in [-0.15, -0.1) is 0 Å². The number of hydrogen-bond donors (Lipinski definition) is 1. The second-order valence-electron chi connectivity index (χ2n) is 4.01. The van der Waals surface area contributed by atoms with Gasteiger partial charge in [0.2, 0.25) is 0 Å². The molecule has 0 bridgehead atoms. The Labute approximate surface area is 103 Å². The van der Waals surface area contributed by atoms with Crippen LogP contribution in [-0.4, -0.2) is 51.1 Å². The van der Waals surface area contributed by atoms with Crippen LogP contribution < -0.4 is 5.32 Å². The van der Waals surface area contributed by atoms with Crippen LogP contribution in [0.15, 0.2) is 0 Å². The first kappa shape index (κ1) is 14.4. The van der Waals surface area contributed by atoms with E-state index in [4.69, 9.17) is 14.2 Å². The van der Waals surface area contributed by atoms with E-state index in [0.717, 1.165) is 32.6 Å². The zero-order valence-corrected chi connectivity index (χ0v) is 10.7. The van der Waals surface area contributed by atoms with Crippen molar-refractivity contribution in [1.82, 2.24) is 5.32 Å². The molecule has 1 heterocycles. The first-order valence-corrected chi connectivity index (χ1v) is 6.37. The number of esters is 1. The van der Waals surface area contributed by atoms with E-state index in [0.29, 0.717) is 13.2 Å². The monoisotopic (exact) mass is 245 g/mol. The molecule has 100 valence electrons. The van der Waals surface area contributed by atoms with Crippen LogP contribution in [0.25, 0.3) is 0 Å². The molecule has 1 rings (SSSR count). The highest BCUT2D eigenvalue weighted by Gasteiger charge is 2.22. The maximum absolute atomic E-state index is 11.6. The molecule has 1 aliphatic rings. The molecule has 0 radical (unpaired) electrons. The molecule has 0 saturated carbocycles. The fourth-order valence-electron chi connectivity index (χ4n) is 1.77. The molecular weight excluding hydrogens is 222 g/mol. The predicted molar refractivity (Wildman–Crippen MR) is 63.9 cm³/mol. The Balaban J connectivity index is 2.29. The van der Waals surface area contributed by atoms with E-state index in [1.165, 1.54) is 0 Å². The van der Waals surface area contributed by atoms with Gasteiger partial charge in [0.25, 0.3) is 0 Å². The Bertz CT molecular complexity index is 217. The highest BCUT2D eigenvalue weighted by atomic mass is 16.5. The molecule has 1 aliphatic heterocycles. The molecule has 1 saturated heterocycles. The molecule has 5 nitrogen and oxygen atoms in total. The summed E-state index contributed by atoms with van der Waals surface area (Å²) in [6.07, 6.45) is 2.02. The van der Waals surface area contributed by atoms with Crippen molar-refractivity contribution in [2.75, 3.05) is 33.0 Å². The Morgan fingerprint density at radius 3 is 2.71 bits per heavy atom. The quantitative estimate of drug-likeness (QED) is 0.670. The number of carbonyl (C=O) groups is 1. The summed E-state index contributed by atoms with van der Waals surface area (Å²) < 4.78 is 16.0. The fraction of sp³-hybridized carbons (Fsp3) is 0.917. The van der Waals surface area contributed by atoms with Crippen molar-refractivity contribution in [3.05, 3.63) is 0 Å². The Kier molecular flexibility index (Phi) is 7.16. The third-order valence-electron chi connectivity index (χ3n) is 2.69. The van der Waals surface area contributed by atoms with E-state index in [1.807, 2.05) is 6.92 Å². The minimum atomic E-state index is -0.359. The maximum Gasteiger partial charge on any atom is 0.325 e. The van der Waals surface area contributed by atoms with Crippen molar-refractivity contribution in [3.63, 3.8) is 0 Å². The van der Waals surface area contributed by atoms with Gasteiger partial charge >= 0.3 is 5.97 Å². The van der Waals surface area contributed by atoms with E-state index in [-0.39, 0.29) is 18.1 Å². The largest absolute Gasteiger partial charge is 0.465 e. The SMILES string of the molecule is CCNC(COC1CCOCC1)C(=O)OCC. The molecule has 1 atom stereocenters. The van der Waals surface area contributed by atoms with Gasteiger partial charge < -0.3 is 19.5 Å². The van der Waals surface area contributed by atoms with Gasteiger partial charge in [-0.1, -0.05) is 6.92 Å². The first-order valence-electron chi connectivity index (χ1n) is 6.37. The van der Waals surface area contributed by atoms with Gasteiger partial charge in [-0.3, -0.25) is 4.79 Å². The van der Waals surface area contributed by atoms with Crippen molar-refractivity contribution < 1.29 is 19.0 Å². The lowest BCUT2D eigenvalue weighted by molar-refractivity contribution is -0.148. The summed E-state index contributed by atoms with van der Waals surface area (Å²) >= 11 is 0. The zero-order chi connectivity index (χ0) is 12.5. The molecule has 1 N–H and O–H groups in total. The first-order chi connectivity index (χ1) is 8.27. The second kappa shape index (κ2) is 8.44. The van der Waals surface area contributed by atoms with Crippen molar-refractivity contribution in [1.29, 1.82) is 0 Å². The summed E-state index contributed by atoms with van der Waals surface area (Å²) in [4.78, 5) is 11.6. The molecule has 5 heteroatoms. The summed E-state index contributed by atoms with van der Waals surface area (Å²) in [7, 11) is 0. The maximum atomic E-state index is 11.6. The average Bonchev–Trinajstić information content (AvgIpc) is 2.36. The van der Waals surface area contributed by atoms with E-state index in [1.54, 1.807) is 6.92 Å². The zero-order valence-electron chi connectivity index (χ0n) is 10.7. The van der Waals surface area contributed by atoms with E-state index in [9.17, 15) is 4.79 Å². The van der Waals surface area contributed by atoms with Gasteiger partial charge in [0, 0.05) is 13.2 Å². The van der Waals surface area contributed by atoms with Gasteiger partial charge in [0.05, 0.1) is 19.3 Å². The van der Waals surface area contributed by atoms with Gasteiger partial charge in [0.15, 0.2) is 0 Å². The summed E-state index contributed by atoms with van der Waals surface area (Å²) in [5, 5.41) is 3.08.